The van der Waals surface area contributed by atoms with Crippen molar-refractivity contribution in [3.8, 4) is 0 Å². The Labute approximate surface area is 146 Å². The highest BCUT2D eigenvalue weighted by Crippen LogP contribution is 2.34. The van der Waals surface area contributed by atoms with Crippen LogP contribution in [-0.2, 0) is 6.54 Å². The number of halogens is 1. The van der Waals surface area contributed by atoms with Gasteiger partial charge in [0.2, 0.25) is 0 Å². The Balaban J connectivity index is 1.58. The summed E-state index contributed by atoms with van der Waals surface area (Å²) in [6.07, 6.45) is 6.72. The zero-order valence-corrected chi connectivity index (χ0v) is 15.1. The van der Waals surface area contributed by atoms with Gasteiger partial charge in [0.25, 0.3) is 0 Å². The lowest BCUT2D eigenvalue weighted by Crippen LogP contribution is -2.61. The van der Waals surface area contributed by atoms with Gasteiger partial charge in [0.1, 0.15) is 5.82 Å². The lowest BCUT2D eigenvalue weighted by atomic mass is 9.79. The van der Waals surface area contributed by atoms with Gasteiger partial charge in [0.05, 0.1) is 0 Å². The number of hydrogen-bond donors (Lipinski definition) is 1. The first-order chi connectivity index (χ1) is 11.7. The van der Waals surface area contributed by atoms with Crippen molar-refractivity contribution >= 4 is 0 Å². The maximum absolute atomic E-state index is 13.0. The molecule has 0 amide bonds. The summed E-state index contributed by atoms with van der Waals surface area (Å²) < 4.78 is 13.0. The first kappa shape index (κ1) is 17.8. The average molecular weight is 333 g/mol. The minimum Gasteiger partial charge on any atom is -0.311 e. The summed E-state index contributed by atoms with van der Waals surface area (Å²) in [7, 11) is 0. The summed E-state index contributed by atoms with van der Waals surface area (Å²) >= 11 is 0. The van der Waals surface area contributed by atoms with Gasteiger partial charge < -0.3 is 10.2 Å². The second-order valence-corrected chi connectivity index (χ2v) is 7.44. The molecule has 0 radical (unpaired) electrons. The molecule has 1 aromatic carbocycles. The molecule has 2 aliphatic rings. The lowest BCUT2D eigenvalue weighted by Gasteiger charge is -2.50. The van der Waals surface area contributed by atoms with E-state index >= 15 is 0 Å². The van der Waals surface area contributed by atoms with Crippen LogP contribution in [0.5, 0.6) is 0 Å². The van der Waals surface area contributed by atoms with Crippen molar-refractivity contribution in [1.82, 2.24) is 15.1 Å². The highest BCUT2D eigenvalue weighted by Gasteiger charge is 2.38. The maximum Gasteiger partial charge on any atom is 0.123 e. The monoisotopic (exact) mass is 333 g/mol. The molecule has 2 fully saturated rings. The molecule has 1 saturated carbocycles. The molecule has 0 aromatic heterocycles. The van der Waals surface area contributed by atoms with Gasteiger partial charge in [-0.25, -0.2) is 4.39 Å². The molecule has 1 N–H and O–H groups in total. The van der Waals surface area contributed by atoms with Gasteiger partial charge >= 0.3 is 0 Å². The van der Waals surface area contributed by atoms with E-state index in [1.807, 2.05) is 12.1 Å². The SMILES string of the molecule is CCN1CCN(C2(CNCc3ccc(F)cc3)CCCCC2)CC1. The van der Waals surface area contributed by atoms with Crippen LogP contribution in [0, 0.1) is 5.82 Å². The van der Waals surface area contributed by atoms with Crippen LogP contribution in [0.1, 0.15) is 44.6 Å². The summed E-state index contributed by atoms with van der Waals surface area (Å²) in [4.78, 5) is 5.31. The number of piperazine rings is 1. The van der Waals surface area contributed by atoms with Crippen LogP contribution in [-0.4, -0.2) is 54.6 Å². The van der Waals surface area contributed by atoms with Crippen molar-refractivity contribution in [2.75, 3.05) is 39.3 Å². The fraction of sp³-hybridized carbons (Fsp3) is 0.700. The van der Waals surface area contributed by atoms with Gasteiger partial charge in [-0.1, -0.05) is 38.3 Å². The second kappa shape index (κ2) is 8.41. The van der Waals surface area contributed by atoms with Crippen LogP contribution in [0.4, 0.5) is 4.39 Å². The lowest BCUT2D eigenvalue weighted by molar-refractivity contribution is 0.00883. The van der Waals surface area contributed by atoms with Gasteiger partial charge in [-0.3, -0.25) is 4.90 Å². The quantitative estimate of drug-likeness (QED) is 0.862. The molecule has 1 aliphatic carbocycles. The standard InChI is InChI=1S/C20H32FN3/c1-2-23-12-14-24(15-13-23)20(10-4-3-5-11-20)17-22-16-18-6-8-19(21)9-7-18/h6-9,22H,2-5,10-17H2,1H3. The molecule has 134 valence electrons. The third kappa shape index (κ3) is 4.35. The number of nitrogens with zero attached hydrogens (tertiary/aromatic N) is 2. The van der Waals surface area contributed by atoms with Gasteiger partial charge in [0.15, 0.2) is 0 Å². The van der Waals surface area contributed by atoms with Gasteiger partial charge in [-0.05, 0) is 37.1 Å². The van der Waals surface area contributed by atoms with Crippen LogP contribution in [0.3, 0.4) is 0 Å². The summed E-state index contributed by atoms with van der Waals surface area (Å²) in [5.41, 5.74) is 1.50. The van der Waals surface area contributed by atoms with E-state index in [1.54, 1.807) is 12.1 Å². The van der Waals surface area contributed by atoms with Crippen molar-refractivity contribution in [3.63, 3.8) is 0 Å². The maximum atomic E-state index is 13.0. The highest BCUT2D eigenvalue weighted by molar-refractivity contribution is 5.15. The Morgan fingerprint density at radius 1 is 1.00 bits per heavy atom. The predicted octanol–water partition coefficient (Wildman–Crippen LogP) is 3.26. The molecule has 3 rings (SSSR count). The third-order valence-corrected chi connectivity index (χ3v) is 5.97. The van der Waals surface area contributed by atoms with Crippen molar-refractivity contribution in [2.45, 2.75) is 51.1 Å². The number of likely N-dealkylation sites (N-methyl/N-ethyl adjacent to an activating group) is 1. The molecule has 1 aromatic rings. The Kier molecular flexibility index (Phi) is 6.25. The van der Waals surface area contributed by atoms with E-state index in [0.717, 1.165) is 18.7 Å². The summed E-state index contributed by atoms with van der Waals surface area (Å²) in [6, 6.07) is 6.88. The number of nitrogens with one attached hydrogen (secondary N) is 1. The molecule has 1 saturated heterocycles. The Morgan fingerprint density at radius 3 is 2.29 bits per heavy atom. The fourth-order valence-corrected chi connectivity index (χ4v) is 4.39. The van der Waals surface area contributed by atoms with Crippen molar-refractivity contribution in [3.05, 3.63) is 35.6 Å². The smallest absolute Gasteiger partial charge is 0.123 e. The number of rotatable bonds is 6. The van der Waals surface area contributed by atoms with Crippen LogP contribution in [0.15, 0.2) is 24.3 Å². The predicted molar refractivity (Wildman–Crippen MR) is 97.6 cm³/mol. The minimum atomic E-state index is -0.156. The highest BCUT2D eigenvalue weighted by atomic mass is 19.1. The molecule has 3 nitrogen and oxygen atoms in total. The van der Waals surface area contributed by atoms with Crippen LogP contribution in [0.2, 0.25) is 0 Å². The molecule has 0 unspecified atom stereocenters. The van der Waals surface area contributed by atoms with E-state index < -0.39 is 0 Å². The van der Waals surface area contributed by atoms with Crippen LogP contribution in [0.25, 0.3) is 0 Å². The Hall–Kier alpha value is -0.970. The molecule has 24 heavy (non-hydrogen) atoms. The van der Waals surface area contributed by atoms with Crippen molar-refractivity contribution in [2.24, 2.45) is 0 Å². The minimum absolute atomic E-state index is 0.156. The molecule has 0 atom stereocenters. The van der Waals surface area contributed by atoms with Crippen molar-refractivity contribution < 1.29 is 4.39 Å². The first-order valence-electron chi connectivity index (χ1n) is 9.64. The van der Waals surface area contributed by atoms with E-state index in [9.17, 15) is 4.39 Å². The summed E-state index contributed by atoms with van der Waals surface area (Å²) in [5.74, 6) is -0.156. The van der Waals surface area contributed by atoms with Gasteiger partial charge in [-0.2, -0.15) is 0 Å². The molecular formula is C20H32FN3. The van der Waals surface area contributed by atoms with Gasteiger partial charge in [0, 0.05) is 44.8 Å². The average Bonchev–Trinajstić information content (AvgIpc) is 2.64. The zero-order chi connectivity index (χ0) is 16.8. The molecule has 0 spiro atoms. The summed E-state index contributed by atoms with van der Waals surface area (Å²) in [6.45, 7) is 10.1. The topological polar surface area (TPSA) is 18.5 Å². The Morgan fingerprint density at radius 2 is 1.67 bits per heavy atom. The fourth-order valence-electron chi connectivity index (χ4n) is 4.39. The van der Waals surface area contributed by atoms with E-state index in [2.05, 4.69) is 22.0 Å². The van der Waals surface area contributed by atoms with E-state index in [1.165, 1.54) is 64.8 Å². The zero-order valence-electron chi connectivity index (χ0n) is 15.1. The van der Waals surface area contributed by atoms with E-state index in [0.29, 0.717) is 5.54 Å². The number of benzene rings is 1. The van der Waals surface area contributed by atoms with Crippen LogP contribution >= 0.6 is 0 Å². The first-order valence-corrected chi connectivity index (χ1v) is 9.64. The largest absolute Gasteiger partial charge is 0.311 e. The molecule has 4 heteroatoms. The third-order valence-electron chi connectivity index (χ3n) is 5.97. The van der Waals surface area contributed by atoms with E-state index in [4.69, 9.17) is 0 Å². The van der Waals surface area contributed by atoms with Crippen LogP contribution < -0.4 is 5.32 Å². The number of hydrogen-bond acceptors (Lipinski definition) is 3. The van der Waals surface area contributed by atoms with E-state index in [-0.39, 0.29) is 5.82 Å². The Bertz CT molecular complexity index is 488. The molecule has 1 aliphatic heterocycles. The summed E-state index contributed by atoms with van der Waals surface area (Å²) in [5, 5.41) is 3.68. The van der Waals surface area contributed by atoms with Crippen molar-refractivity contribution in [1.29, 1.82) is 0 Å². The molecular weight excluding hydrogens is 301 g/mol. The molecule has 1 heterocycles. The normalized spacial score (nSPS) is 22.6. The van der Waals surface area contributed by atoms with Gasteiger partial charge in [-0.15, -0.1) is 0 Å². The molecule has 0 bridgehead atoms. The second-order valence-electron chi connectivity index (χ2n) is 7.44.